The van der Waals surface area contributed by atoms with Crippen LogP contribution in [0.4, 0.5) is 11.4 Å². The number of benzene rings is 2. The number of nitrogens with zero attached hydrogens (tertiary/aromatic N) is 3. The van der Waals surface area contributed by atoms with E-state index in [1.165, 1.54) is 23.9 Å². The highest BCUT2D eigenvalue weighted by atomic mass is 32.2. The predicted molar refractivity (Wildman–Crippen MR) is 120 cm³/mol. The molecule has 0 N–H and O–H groups in total. The highest BCUT2D eigenvalue weighted by Gasteiger charge is 2.47. The third-order valence-electron chi connectivity index (χ3n) is 5.27. The van der Waals surface area contributed by atoms with Crippen molar-refractivity contribution >= 4 is 38.1 Å². The summed E-state index contributed by atoms with van der Waals surface area (Å²) in [6.45, 7) is 0. The topological polar surface area (TPSA) is 111 Å². The lowest BCUT2D eigenvalue weighted by Crippen LogP contribution is -2.39. The average Bonchev–Trinajstić information content (AvgIpc) is 3.22. The molecule has 2 aliphatic heterocycles. The molecule has 2 aromatic rings. The molecule has 0 radical (unpaired) electrons. The van der Waals surface area contributed by atoms with Gasteiger partial charge in [-0.2, -0.15) is 0 Å². The van der Waals surface area contributed by atoms with Crippen molar-refractivity contribution in [2.75, 3.05) is 30.6 Å². The van der Waals surface area contributed by atoms with Crippen molar-refractivity contribution in [2.24, 2.45) is 4.99 Å². The average molecular weight is 464 g/mol. The van der Waals surface area contributed by atoms with Gasteiger partial charge in [0.25, 0.3) is 5.69 Å². The lowest BCUT2D eigenvalue weighted by atomic mass is 10.1. The van der Waals surface area contributed by atoms with E-state index in [9.17, 15) is 18.5 Å². The molecule has 2 heterocycles. The Kier molecular flexibility index (Phi) is 5.80. The number of hydrogen-bond acceptors (Lipinski definition) is 9. The second kappa shape index (κ2) is 8.39. The van der Waals surface area contributed by atoms with E-state index in [0.717, 1.165) is 5.56 Å². The van der Waals surface area contributed by atoms with E-state index in [0.29, 0.717) is 28.1 Å². The third kappa shape index (κ3) is 4.33. The number of amidine groups is 1. The number of hydrogen-bond donors (Lipinski definition) is 0. The molecule has 0 unspecified atom stereocenters. The summed E-state index contributed by atoms with van der Waals surface area (Å²) in [6, 6.07) is 11.1. The van der Waals surface area contributed by atoms with Gasteiger partial charge in [-0.15, -0.1) is 0 Å². The minimum absolute atomic E-state index is 0.0159. The van der Waals surface area contributed by atoms with E-state index >= 15 is 0 Å². The monoisotopic (exact) mass is 463 g/mol. The van der Waals surface area contributed by atoms with Gasteiger partial charge in [0.15, 0.2) is 15.0 Å². The summed E-state index contributed by atoms with van der Waals surface area (Å²) < 4.78 is 35.4. The number of thioether (sulfide) groups is 1. The summed E-state index contributed by atoms with van der Waals surface area (Å²) in [5.41, 5.74) is 1.64. The van der Waals surface area contributed by atoms with Crippen LogP contribution < -0.4 is 14.4 Å². The number of nitro groups is 1. The third-order valence-corrected chi connectivity index (χ3v) is 8.00. The summed E-state index contributed by atoms with van der Waals surface area (Å²) in [4.78, 5) is 17.1. The first-order valence-electron chi connectivity index (χ1n) is 9.47. The highest BCUT2D eigenvalue weighted by Crippen LogP contribution is 2.41. The zero-order valence-electron chi connectivity index (χ0n) is 16.9. The van der Waals surface area contributed by atoms with Crippen molar-refractivity contribution < 1.29 is 22.8 Å². The molecule has 0 aliphatic carbocycles. The fourth-order valence-electron chi connectivity index (χ4n) is 3.76. The van der Waals surface area contributed by atoms with Crippen LogP contribution in [0.3, 0.4) is 0 Å². The van der Waals surface area contributed by atoms with Crippen molar-refractivity contribution in [3.8, 4) is 11.5 Å². The molecule has 9 nitrogen and oxygen atoms in total. The summed E-state index contributed by atoms with van der Waals surface area (Å²) in [5.74, 6) is 1.78. The number of anilines is 1. The van der Waals surface area contributed by atoms with Crippen molar-refractivity contribution in [1.29, 1.82) is 0 Å². The second-order valence-electron chi connectivity index (χ2n) is 7.24. The molecule has 2 aliphatic rings. The van der Waals surface area contributed by atoms with E-state index in [1.807, 2.05) is 11.0 Å². The minimum Gasteiger partial charge on any atom is -0.497 e. The van der Waals surface area contributed by atoms with Gasteiger partial charge in [-0.1, -0.05) is 23.9 Å². The number of aliphatic imine (C=N–C) groups is 1. The maximum Gasteiger partial charge on any atom is 0.269 e. The van der Waals surface area contributed by atoms with Crippen LogP contribution in [0.1, 0.15) is 5.56 Å². The zero-order chi connectivity index (χ0) is 22.2. The Morgan fingerprint density at radius 2 is 1.90 bits per heavy atom. The normalized spacial score (nSPS) is 21.5. The molecule has 11 heteroatoms. The number of fused-ring (bicyclic) bond motifs is 1. The van der Waals surface area contributed by atoms with E-state index in [2.05, 4.69) is 0 Å². The van der Waals surface area contributed by atoms with Crippen LogP contribution in [0, 0.1) is 10.1 Å². The maximum atomic E-state index is 12.3. The van der Waals surface area contributed by atoms with Crippen LogP contribution in [0.2, 0.25) is 0 Å². The molecular formula is C20H21N3O6S2. The molecule has 4 rings (SSSR count). The number of sulfone groups is 1. The Bertz CT molecular complexity index is 1130. The number of methoxy groups -OCH3 is 2. The number of rotatable bonds is 6. The second-order valence-corrected chi connectivity index (χ2v) is 10.3. The van der Waals surface area contributed by atoms with Gasteiger partial charge < -0.3 is 14.4 Å². The van der Waals surface area contributed by atoms with Gasteiger partial charge in [-0.25, -0.2) is 8.42 Å². The van der Waals surface area contributed by atoms with Crippen molar-refractivity contribution in [1.82, 2.24) is 0 Å². The molecule has 0 amide bonds. The fourth-order valence-corrected chi connectivity index (χ4v) is 6.68. The van der Waals surface area contributed by atoms with Gasteiger partial charge >= 0.3 is 0 Å². The van der Waals surface area contributed by atoms with E-state index in [4.69, 9.17) is 14.5 Å². The first-order valence-corrected chi connectivity index (χ1v) is 12.3. The van der Waals surface area contributed by atoms with Crippen LogP contribution >= 0.6 is 11.8 Å². The van der Waals surface area contributed by atoms with Gasteiger partial charge in [-0.05, 0) is 17.7 Å². The predicted octanol–water partition coefficient (Wildman–Crippen LogP) is 2.89. The van der Waals surface area contributed by atoms with E-state index < -0.39 is 14.8 Å². The van der Waals surface area contributed by atoms with Crippen LogP contribution in [0.5, 0.6) is 11.5 Å². The summed E-state index contributed by atoms with van der Waals surface area (Å²) in [6.07, 6.45) is 0. The Hall–Kier alpha value is -2.79. The summed E-state index contributed by atoms with van der Waals surface area (Å²) in [7, 11) is -0.0522. The molecule has 2 aromatic carbocycles. The van der Waals surface area contributed by atoms with Gasteiger partial charge in [0, 0.05) is 24.0 Å². The highest BCUT2D eigenvalue weighted by molar-refractivity contribution is 8.13. The Morgan fingerprint density at radius 3 is 2.55 bits per heavy atom. The Morgan fingerprint density at radius 1 is 1.16 bits per heavy atom. The largest absolute Gasteiger partial charge is 0.497 e. The summed E-state index contributed by atoms with van der Waals surface area (Å²) >= 11 is 1.46. The molecule has 0 bridgehead atoms. The van der Waals surface area contributed by atoms with Crippen molar-refractivity contribution in [2.45, 2.75) is 17.8 Å². The first kappa shape index (κ1) is 21.4. The van der Waals surface area contributed by atoms with Crippen LogP contribution in [0.15, 0.2) is 47.5 Å². The van der Waals surface area contributed by atoms with Gasteiger partial charge in [-0.3, -0.25) is 15.1 Å². The SMILES string of the molecule is COc1ccc(OC)c(N2C(SCc3ccc([N+](=O)[O-])cc3)=N[C@H]3CS(=O)(=O)C[C@H]32)c1. The molecule has 164 valence electrons. The van der Waals surface area contributed by atoms with Crippen molar-refractivity contribution in [3.63, 3.8) is 0 Å². The standard InChI is InChI=1S/C20H21N3O6S2/c1-28-15-7-8-19(29-2)17(9-15)22-18-12-31(26,27)11-16(18)21-20(22)30-10-13-3-5-14(6-4-13)23(24)25/h3-9,16,18H,10-12H2,1-2H3/t16-,18+/m0/s1. The Balaban J connectivity index is 1.64. The molecule has 0 saturated carbocycles. The quantitative estimate of drug-likeness (QED) is 0.475. The molecule has 2 atom stereocenters. The lowest BCUT2D eigenvalue weighted by Gasteiger charge is -2.28. The smallest absolute Gasteiger partial charge is 0.269 e. The zero-order valence-corrected chi connectivity index (χ0v) is 18.6. The molecular weight excluding hydrogens is 442 g/mol. The lowest BCUT2D eigenvalue weighted by molar-refractivity contribution is -0.384. The van der Waals surface area contributed by atoms with Crippen LogP contribution in [0.25, 0.3) is 0 Å². The number of nitro benzene ring substituents is 1. The number of ether oxygens (including phenoxy) is 2. The maximum absolute atomic E-state index is 12.3. The van der Waals surface area contributed by atoms with Crippen LogP contribution in [-0.4, -0.2) is 56.3 Å². The van der Waals surface area contributed by atoms with E-state index in [-0.39, 0.29) is 29.3 Å². The van der Waals surface area contributed by atoms with Crippen LogP contribution in [-0.2, 0) is 15.6 Å². The van der Waals surface area contributed by atoms with Gasteiger partial charge in [0.05, 0.1) is 48.4 Å². The molecule has 31 heavy (non-hydrogen) atoms. The number of non-ortho nitro benzene ring substituents is 1. The van der Waals surface area contributed by atoms with E-state index in [1.54, 1.807) is 38.5 Å². The molecule has 1 fully saturated rings. The summed E-state index contributed by atoms with van der Waals surface area (Å²) in [5, 5.41) is 11.5. The van der Waals surface area contributed by atoms with Gasteiger partial charge in [0.1, 0.15) is 11.5 Å². The molecule has 1 saturated heterocycles. The van der Waals surface area contributed by atoms with Crippen molar-refractivity contribution in [3.05, 3.63) is 58.1 Å². The molecule has 0 spiro atoms. The fraction of sp³-hybridized carbons (Fsp3) is 0.350. The van der Waals surface area contributed by atoms with Gasteiger partial charge in [0.2, 0.25) is 0 Å². The molecule has 0 aromatic heterocycles. The minimum atomic E-state index is -3.18. The first-order chi connectivity index (χ1) is 14.8. The Labute approximate surface area is 184 Å².